The number of amides is 1. The van der Waals surface area contributed by atoms with E-state index in [1.165, 1.54) is 16.9 Å². The summed E-state index contributed by atoms with van der Waals surface area (Å²) in [5.74, 6) is -0.250. The predicted molar refractivity (Wildman–Crippen MR) is 100 cm³/mol. The van der Waals surface area contributed by atoms with Crippen LogP contribution in [-0.2, 0) is 6.54 Å². The van der Waals surface area contributed by atoms with E-state index in [1.54, 1.807) is 11.3 Å². The molecule has 0 spiro atoms. The lowest BCUT2D eigenvalue weighted by molar-refractivity contribution is 0.0950. The SMILES string of the molecule is Cc1ccc(CNC(=O)c2nnc(C(Cl)=Cc3cccs3)s2)cc1. The van der Waals surface area contributed by atoms with Gasteiger partial charge in [-0.1, -0.05) is 58.8 Å². The molecule has 3 rings (SSSR count). The number of nitrogens with zero attached hydrogens (tertiary/aromatic N) is 2. The number of aryl methyl sites for hydroxylation is 1. The maximum Gasteiger partial charge on any atom is 0.282 e. The van der Waals surface area contributed by atoms with Gasteiger partial charge in [0.1, 0.15) is 0 Å². The Hall–Kier alpha value is -2.02. The Bertz CT molecular complexity index is 854. The minimum atomic E-state index is -0.250. The first-order valence-corrected chi connectivity index (χ1v) is 9.27. The minimum absolute atomic E-state index is 0.250. The van der Waals surface area contributed by atoms with E-state index < -0.39 is 0 Å². The zero-order chi connectivity index (χ0) is 16.9. The van der Waals surface area contributed by atoms with Crippen molar-refractivity contribution in [1.82, 2.24) is 15.5 Å². The van der Waals surface area contributed by atoms with Crippen LogP contribution in [0.3, 0.4) is 0 Å². The molecular weight excluding hydrogens is 362 g/mol. The highest BCUT2D eigenvalue weighted by Crippen LogP contribution is 2.26. The number of hydrogen-bond acceptors (Lipinski definition) is 5. The van der Waals surface area contributed by atoms with Crippen molar-refractivity contribution in [1.29, 1.82) is 0 Å². The highest BCUT2D eigenvalue weighted by atomic mass is 35.5. The van der Waals surface area contributed by atoms with Crippen molar-refractivity contribution in [2.45, 2.75) is 13.5 Å². The van der Waals surface area contributed by atoms with Crippen molar-refractivity contribution >= 4 is 51.3 Å². The van der Waals surface area contributed by atoms with Crippen LogP contribution in [0.1, 0.15) is 30.8 Å². The fourth-order valence-electron chi connectivity index (χ4n) is 1.94. The van der Waals surface area contributed by atoms with Gasteiger partial charge in [-0.2, -0.15) is 0 Å². The van der Waals surface area contributed by atoms with Crippen LogP contribution in [0.4, 0.5) is 0 Å². The van der Waals surface area contributed by atoms with Crippen LogP contribution in [-0.4, -0.2) is 16.1 Å². The minimum Gasteiger partial charge on any atom is -0.346 e. The Kier molecular flexibility index (Phi) is 5.40. The first-order valence-electron chi connectivity index (χ1n) is 7.20. The highest BCUT2D eigenvalue weighted by Gasteiger charge is 2.14. The molecule has 2 aromatic heterocycles. The number of nitrogens with one attached hydrogen (secondary N) is 1. The zero-order valence-electron chi connectivity index (χ0n) is 12.8. The summed E-state index contributed by atoms with van der Waals surface area (Å²) in [6, 6.07) is 11.9. The summed E-state index contributed by atoms with van der Waals surface area (Å²) in [6.45, 7) is 2.48. The summed E-state index contributed by atoms with van der Waals surface area (Å²) in [5.41, 5.74) is 2.22. The summed E-state index contributed by atoms with van der Waals surface area (Å²) in [7, 11) is 0. The lowest BCUT2D eigenvalue weighted by Gasteiger charge is -2.03. The number of halogens is 1. The molecular formula is C17H14ClN3OS2. The third kappa shape index (κ3) is 4.29. The Balaban J connectivity index is 1.64. The molecule has 0 atom stereocenters. The molecule has 1 N–H and O–H groups in total. The Morgan fingerprint density at radius 3 is 2.67 bits per heavy atom. The van der Waals surface area contributed by atoms with Crippen molar-refractivity contribution in [2.24, 2.45) is 0 Å². The number of carbonyl (C=O) groups is 1. The molecule has 0 fully saturated rings. The Morgan fingerprint density at radius 2 is 1.96 bits per heavy atom. The molecule has 0 bridgehead atoms. The van der Waals surface area contributed by atoms with Crippen LogP contribution >= 0.6 is 34.3 Å². The topological polar surface area (TPSA) is 54.9 Å². The first kappa shape index (κ1) is 16.8. The molecule has 7 heteroatoms. The first-order chi connectivity index (χ1) is 11.6. The monoisotopic (exact) mass is 375 g/mol. The second kappa shape index (κ2) is 7.70. The number of hydrogen-bond donors (Lipinski definition) is 1. The summed E-state index contributed by atoms with van der Waals surface area (Å²) in [6.07, 6.45) is 1.82. The van der Waals surface area contributed by atoms with E-state index in [-0.39, 0.29) is 5.91 Å². The van der Waals surface area contributed by atoms with Crippen LogP contribution in [0, 0.1) is 6.92 Å². The third-order valence-electron chi connectivity index (χ3n) is 3.21. The van der Waals surface area contributed by atoms with Crippen molar-refractivity contribution in [3.05, 3.63) is 67.8 Å². The molecule has 0 aliphatic heterocycles. The molecule has 0 aliphatic rings. The van der Waals surface area contributed by atoms with E-state index in [0.717, 1.165) is 10.4 Å². The fraction of sp³-hybridized carbons (Fsp3) is 0.118. The van der Waals surface area contributed by atoms with E-state index in [0.29, 0.717) is 21.6 Å². The van der Waals surface area contributed by atoms with E-state index in [2.05, 4.69) is 15.5 Å². The molecule has 1 amide bonds. The zero-order valence-corrected chi connectivity index (χ0v) is 15.2. The van der Waals surface area contributed by atoms with E-state index >= 15 is 0 Å². The molecule has 4 nitrogen and oxygen atoms in total. The van der Waals surface area contributed by atoms with E-state index in [1.807, 2.05) is 54.8 Å². The lowest BCUT2D eigenvalue weighted by atomic mass is 10.1. The van der Waals surface area contributed by atoms with Gasteiger partial charge in [-0.15, -0.1) is 21.5 Å². The predicted octanol–water partition coefficient (Wildman–Crippen LogP) is 4.57. The Labute approximate surface area is 152 Å². The maximum atomic E-state index is 12.2. The van der Waals surface area contributed by atoms with Gasteiger partial charge in [0.2, 0.25) is 5.01 Å². The van der Waals surface area contributed by atoms with Gasteiger partial charge in [0.25, 0.3) is 5.91 Å². The van der Waals surface area contributed by atoms with E-state index in [9.17, 15) is 4.79 Å². The molecule has 122 valence electrons. The van der Waals surface area contributed by atoms with Gasteiger partial charge in [0.15, 0.2) is 5.01 Å². The fourth-order valence-corrected chi connectivity index (χ4v) is 3.60. The van der Waals surface area contributed by atoms with Crippen molar-refractivity contribution in [3.8, 4) is 0 Å². The molecule has 0 radical (unpaired) electrons. The van der Waals surface area contributed by atoms with Gasteiger partial charge in [-0.25, -0.2) is 0 Å². The van der Waals surface area contributed by atoms with E-state index in [4.69, 9.17) is 11.6 Å². The summed E-state index contributed by atoms with van der Waals surface area (Å²) < 4.78 is 0. The third-order valence-corrected chi connectivity index (χ3v) is 5.38. The van der Waals surface area contributed by atoms with Gasteiger partial charge in [-0.3, -0.25) is 4.79 Å². The standard InChI is InChI=1S/C17H14ClN3OS2/c1-11-4-6-12(7-5-11)10-19-15(22)17-21-20-16(24-17)14(18)9-13-3-2-8-23-13/h2-9H,10H2,1H3,(H,19,22). The smallest absolute Gasteiger partial charge is 0.282 e. The van der Waals surface area contributed by atoms with Crippen molar-refractivity contribution in [3.63, 3.8) is 0 Å². The van der Waals surface area contributed by atoms with Crippen LogP contribution < -0.4 is 5.32 Å². The van der Waals surface area contributed by atoms with Gasteiger partial charge >= 0.3 is 0 Å². The molecule has 1 aromatic carbocycles. The van der Waals surface area contributed by atoms with Gasteiger partial charge < -0.3 is 5.32 Å². The van der Waals surface area contributed by atoms with Crippen LogP contribution in [0.25, 0.3) is 11.1 Å². The van der Waals surface area contributed by atoms with Crippen LogP contribution in [0.15, 0.2) is 41.8 Å². The quantitative estimate of drug-likeness (QED) is 0.710. The van der Waals surface area contributed by atoms with Gasteiger partial charge in [-0.05, 0) is 30.0 Å². The molecule has 0 saturated heterocycles. The normalized spacial score (nSPS) is 11.5. The van der Waals surface area contributed by atoms with Crippen molar-refractivity contribution in [2.75, 3.05) is 0 Å². The lowest BCUT2D eigenvalue weighted by Crippen LogP contribution is -2.22. The maximum absolute atomic E-state index is 12.2. The Morgan fingerprint density at radius 1 is 1.21 bits per heavy atom. The average Bonchev–Trinajstić information content (AvgIpc) is 3.25. The number of benzene rings is 1. The molecule has 2 heterocycles. The van der Waals surface area contributed by atoms with Gasteiger partial charge in [0.05, 0.1) is 5.03 Å². The van der Waals surface area contributed by atoms with Gasteiger partial charge in [0, 0.05) is 11.4 Å². The largest absolute Gasteiger partial charge is 0.346 e. The molecule has 3 aromatic rings. The molecule has 0 unspecified atom stereocenters. The molecule has 24 heavy (non-hydrogen) atoms. The number of aromatic nitrogens is 2. The van der Waals surface area contributed by atoms with Crippen molar-refractivity contribution < 1.29 is 4.79 Å². The summed E-state index contributed by atoms with van der Waals surface area (Å²) in [4.78, 5) is 13.2. The number of rotatable bonds is 5. The second-order valence-corrected chi connectivity index (χ2v) is 7.45. The average molecular weight is 376 g/mol. The summed E-state index contributed by atoms with van der Waals surface area (Å²) in [5, 5.41) is 14.1. The molecule has 0 saturated carbocycles. The molecule has 0 aliphatic carbocycles. The van der Waals surface area contributed by atoms with Crippen LogP contribution in [0.2, 0.25) is 0 Å². The highest BCUT2D eigenvalue weighted by molar-refractivity contribution is 7.15. The van der Waals surface area contributed by atoms with Crippen LogP contribution in [0.5, 0.6) is 0 Å². The second-order valence-electron chi connectivity index (χ2n) is 5.09. The summed E-state index contributed by atoms with van der Waals surface area (Å²) >= 11 is 9.01. The number of thiophene rings is 1. The number of carbonyl (C=O) groups excluding carboxylic acids is 1.